The summed E-state index contributed by atoms with van der Waals surface area (Å²) in [6, 6.07) is 8.77. The lowest BCUT2D eigenvalue weighted by Crippen LogP contribution is -2.09. The summed E-state index contributed by atoms with van der Waals surface area (Å²) in [5.74, 6) is -1.96. The molecule has 0 spiro atoms. The standard InChI is InChI=1S/C15H11BrF2N2O/c16-11-7-13(18)14(8-12(11)17)20-15(21)5-4-9-2-1-3-10(19)6-9/h1-8H,19H2,(H,20,21)/b5-4+. The highest BCUT2D eigenvalue weighted by atomic mass is 79.9. The number of hydrogen-bond acceptors (Lipinski definition) is 2. The van der Waals surface area contributed by atoms with E-state index in [4.69, 9.17) is 5.73 Å². The molecule has 0 aliphatic heterocycles. The van der Waals surface area contributed by atoms with Crippen molar-refractivity contribution in [2.75, 3.05) is 11.1 Å². The van der Waals surface area contributed by atoms with E-state index < -0.39 is 17.5 Å². The fraction of sp³-hybridized carbons (Fsp3) is 0. The van der Waals surface area contributed by atoms with Gasteiger partial charge in [0.25, 0.3) is 0 Å². The molecule has 6 heteroatoms. The first-order valence-corrected chi connectivity index (χ1v) is 6.74. The minimum absolute atomic E-state index is 0.00620. The molecule has 0 aromatic heterocycles. The second kappa shape index (κ2) is 6.49. The maximum Gasteiger partial charge on any atom is 0.248 e. The summed E-state index contributed by atoms with van der Waals surface area (Å²) in [5.41, 5.74) is 6.68. The van der Waals surface area contributed by atoms with Crippen LogP contribution < -0.4 is 11.1 Å². The Hall–Kier alpha value is -2.21. The van der Waals surface area contributed by atoms with Crippen molar-refractivity contribution in [3.05, 3.63) is 64.1 Å². The van der Waals surface area contributed by atoms with Crippen LogP contribution in [0.25, 0.3) is 6.08 Å². The van der Waals surface area contributed by atoms with Crippen LogP contribution >= 0.6 is 15.9 Å². The number of anilines is 2. The molecule has 0 saturated heterocycles. The third-order valence-electron chi connectivity index (χ3n) is 2.61. The van der Waals surface area contributed by atoms with Crippen molar-refractivity contribution >= 4 is 39.3 Å². The lowest BCUT2D eigenvalue weighted by molar-refractivity contribution is -0.111. The molecule has 0 unspecified atom stereocenters. The SMILES string of the molecule is Nc1cccc(/C=C/C(=O)Nc2cc(F)c(Br)cc2F)c1. The molecule has 0 aliphatic rings. The molecule has 3 N–H and O–H groups in total. The molecule has 0 heterocycles. The maximum atomic E-state index is 13.6. The predicted octanol–water partition coefficient (Wildman–Crippen LogP) is 3.96. The molecular formula is C15H11BrF2N2O. The van der Waals surface area contributed by atoms with E-state index in [0.29, 0.717) is 5.69 Å². The Labute approximate surface area is 128 Å². The van der Waals surface area contributed by atoms with Gasteiger partial charge in [0.15, 0.2) is 0 Å². The lowest BCUT2D eigenvalue weighted by atomic mass is 10.2. The van der Waals surface area contributed by atoms with Crippen molar-refractivity contribution < 1.29 is 13.6 Å². The van der Waals surface area contributed by atoms with Gasteiger partial charge in [-0.15, -0.1) is 0 Å². The van der Waals surface area contributed by atoms with Gasteiger partial charge in [-0.2, -0.15) is 0 Å². The van der Waals surface area contributed by atoms with Gasteiger partial charge in [-0.1, -0.05) is 12.1 Å². The van der Waals surface area contributed by atoms with E-state index in [1.165, 1.54) is 12.2 Å². The van der Waals surface area contributed by atoms with Gasteiger partial charge in [-0.05, 0) is 45.8 Å². The van der Waals surface area contributed by atoms with E-state index in [1.54, 1.807) is 24.3 Å². The van der Waals surface area contributed by atoms with Crippen LogP contribution in [-0.4, -0.2) is 5.91 Å². The predicted molar refractivity (Wildman–Crippen MR) is 82.6 cm³/mol. The molecule has 0 bridgehead atoms. The Morgan fingerprint density at radius 3 is 2.67 bits per heavy atom. The van der Waals surface area contributed by atoms with Crippen LogP contribution in [0.5, 0.6) is 0 Å². The van der Waals surface area contributed by atoms with Crippen LogP contribution in [0.15, 0.2) is 46.9 Å². The number of amides is 1. The van der Waals surface area contributed by atoms with Crippen LogP contribution in [0, 0.1) is 11.6 Å². The van der Waals surface area contributed by atoms with E-state index in [2.05, 4.69) is 21.2 Å². The van der Waals surface area contributed by atoms with E-state index >= 15 is 0 Å². The van der Waals surface area contributed by atoms with Crippen molar-refractivity contribution in [3.63, 3.8) is 0 Å². The topological polar surface area (TPSA) is 55.1 Å². The summed E-state index contributed by atoms with van der Waals surface area (Å²) in [6.07, 6.45) is 2.74. The van der Waals surface area contributed by atoms with Gasteiger partial charge >= 0.3 is 0 Å². The average molecular weight is 353 g/mol. The average Bonchev–Trinajstić information content (AvgIpc) is 2.43. The van der Waals surface area contributed by atoms with Gasteiger partial charge in [-0.3, -0.25) is 4.79 Å². The van der Waals surface area contributed by atoms with Crippen molar-refractivity contribution in [2.45, 2.75) is 0 Å². The molecule has 108 valence electrons. The van der Waals surface area contributed by atoms with Gasteiger partial charge in [0.2, 0.25) is 5.91 Å². The summed E-state index contributed by atoms with van der Waals surface area (Å²) < 4.78 is 26.9. The Morgan fingerprint density at radius 1 is 1.19 bits per heavy atom. The van der Waals surface area contributed by atoms with Crippen LogP contribution in [0.1, 0.15) is 5.56 Å². The number of nitrogen functional groups attached to an aromatic ring is 1. The Bertz CT molecular complexity index is 717. The molecule has 0 saturated carbocycles. The minimum Gasteiger partial charge on any atom is -0.399 e. The van der Waals surface area contributed by atoms with Crippen molar-refractivity contribution in [3.8, 4) is 0 Å². The Balaban J connectivity index is 2.10. The second-order valence-corrected chi connectivity index (χ2v) is 5.09. The molecule has 2 rings (SSSR count). The number of nitrogens with two attached hydrogens (primary N) is 1. The lowest BCUT2D eigenvalue weighted by Gasteiger charge is -2.05. The first-order valence-electron chi connectivity index (χ1n) is 5.95. The highest BCUT2D eigenvalue weighted by molar-refractivity contribution is 9.10. The molecule has 2 aromatic carbocycles. The number of carbonyl (C=O) groups excluding carboxylic acids is 1. The second-order valence-electron chi connectivity index (χ2n) is 4.24. The number of carbonyl (C=O) groups is 1. The maximum absolute atomic E-state index is 13.6. The van der Waals surface area contributed by atoms with Crippen molar-refractivity contribution in [1.82, 2.24) is 0 Å². The van der Waals surface area contributed by atoms with Gasteiger partial charge in [0.1, 0.15) is 11.6 Å². The zero-order chi connectivity index (χ0) is 15.4. The first-order chi connectivity index (χ1) is 9.95. The highest BCUT2D eigenvalue weighted by Gasteiger charge is 2.09. The van der Waals surface area contributed by atoms with Crippen molar-refractivity contribution in [2.24, 2.45) is 0 Å². The zero-order valence-electron chi connectivity index (χ0n) is 10.7. The fourth-order valence-electron chi connectivity index (χ4n) is 1.63. The molecule has 0 radical (unpaired) electrons. The molecule has 1 amide bonds. The van der Waals surface area contributed by atoms with E-state index in [9.17, 15) is 13.6 Å². The zero-order valence-corrected chi connectivity index (χ0v) is 12.3. The Morgan fingerprint density at radius 2 is 1.95 bits per heavy atom. The number of rotatable bonds is 3. The minimum atomic E-state index is -0.728. The van der Waals surface area contributed by atoms with Crippen LogP contribution in [0.4, 0.5) is 20.2 Å². The van der Waals surface area contributed by atoms with Crippen LogP contribution in [0.2, 0.25) is 0 Å². The van der Waals surface area contributed by atoms with Crippen LogP contribution in [-0.2, 0) is 4.79 Å². The van der Waals surface area contributed by atoms with E-state index in [0.717, 1.165) is 17.7 Å². The van der Waals surface area contributed by atoms with Gasteiger partial charge in [0.05, 0.1) is 10.2 Å². The Kier molecular flexibility index (Phi) is 4.70. The summed E-state index contributed by atoms with van der Waals surface area (Å²) >= 11 is 2.86. The number of hydrogen-bond donors (Lipinski definition) is 2. The van der Waals surface area contributed by atoms with E-state index in [1.807, 2.05) is 0 Å². The molecule has 0 atom stereocenters. The first kappa shape index (κ1) is 15.2. The number of benzene rings is 2. The molecule has 21 heavy (non-hydrogen) atoms. The van der Waals surface area contributed by atoms with Crippen LogP contribution in [0.3, 0.4) is 0 Å². The summed E-state index contributed by atoms with van der Waals surface area (Å²) in [7, 11) is 0. The molecule has 3 nitrogen and oxygen atoms in total. The monoisotopic (exact) mass is 352 g/mol. The highest BCUT2D eigenvalue weighted by Crippen LogP contribution is 2.23. The molecule has 0 aliphatic carbocycles. The van der Waals surface area contributed by atoms with Crippen molar-refractivity contribution in [1.29, 1.82) is 0 Å². The van der Waals surface area contributed by atoms with Gasteiger partial charge in [0, 0.05) is 17.8 Å². The third-order valence-corrected chi connectivity index (χ3v) is 3.21. The van der Waals surface area contributed by atoms with Gasteiger partial charge in [-0.25, -0.2) is 8.78 Å². The molecule has 2 aromatic rings. The summed E-state index contributed by atoms with van der Waals surface area (Å²) in [5, 5.41) is 2.27. The summed E-state index contributed by atoms with van der Waals surface area (Å²) in [6.45, 7) is 0. The quantitative estimate of drug-likeness (QED) is 0.499. The molecule has 0 fully saturated rings. The molecular weight excluding hydrogens is 342 g/mol. The van der Waals surface area contributed by atoms with Gasteiger partial charge < -0.3 is 11.1 Å². The number of nitrogens with one attached hydrogen (secondary N) is 1. The largest absolute Gasteiger partial charge is 0.399 e. The third kappa shape index (κ3) is 4.13. The normalized spacial score (nSPS) is 10.8. The smallest absolute Gasteiger partial charge is 0.248 e. The van der Waals surface area contributed by atoms with E-state index in [-0.39, 0.29) is 10.2 Å². The fourth-order valence-corrected chi connectivity index (χ4v) is 1.94. The summed E-state index contributed by atoms with van der Waals surface area (Å²) in [4.78, 5) is 11.7. The number of halogens is 3.